The molecule has 6 heteroatoms. The standard InChI is InChI=1S/C18H17FN2O3/c1-13-5-2-3-8-16(13)24-12-18(23)21-20-17(22)10-9-14-6-4-7-15(19)11-14/h2-11H,12H2,1H3,(H,20,22)(H,21,23)/b10-9+. The topological polar surface area (TPSA) is 67.4 Å². The molecule has 0 aliphatic carbocycles. The third-order valence-corrected chi connectivity index (χ3v) is 3.05. The predicted octanol–water partition coefficient (Wildman–Crippen LogP) is 2.37. The molecular formula is C18H17FN2O3. The van der Waals surface area contributed by atoms with Crippen molar-refractivity contribution in [1.29, 1.82) is 0 Å². The molecule has 0 spiro atoms. The molecule has 0 aromatic heterocycles. The minimum Gasteiger partial charge on any atom is -0.483 e. The Hall–Kier alpha value is -3.15. The van der Waals surface area contributed by atoms with E-state index < -0.39 is 11.8 Å². The average Bonchev–Trinajstić information content (AvgIpc) is 2.57. The van der Waals surface area contributed by atoms with Gasteiger partial charge in [0.15, 0.2) is 6.61 Å². The lowest BCUT2D eigenvalue weighted by Gasteiger charge is -2.09. The summed E-state index contributed by atoms with van der Waals surface area (Å²) < 4.78 is 18.3. The van der Waals surface area contributed by atoms with Crippen LogP contribution in [0.5, 0.6) is 5.75 Å². The molecule has 0 aliphatic rings. The minimum absolute atomic E-state index is 0.223. The van der Waals surface area contributed by atoms with Crippen molar-refractivity contribution in [3.05, 3.63) is 71.6 Å². The first-order valence-corrected chi connectivity index (χ1v) is 7.25. The van der Waals surface area contributed by atoms with Crippen LogP contribution in [0.25, 0.3) is 6.08 Å². The van der Waals surface area contributed by atoms with Gasteiger partial charge in [0.1, 0.15) is 11.6 Å². The van der Waals surface area contributed by atoms with Crippen LogP contribution in [0.2, 0.25) is 0 Å². The van der Waals surface area contributed by atoms with E-state index in [2.05, 4.69) is 10.9 Å². The van der Waals surface area contributed by atoms with Gasteiger partial charge in [0, 0.05) is 6.08 Å². The lowest BCUT2D eigenvalue weighted by Crippen LogP contribution is -2.43. The summed E-state index contributed by atoms with van der Waals surface area (Å²) in [6.07, 6.45) is 2.63. The Kier molecular flexibility index (Phi) is 6.08. The molecule has 124 valence electrons. The third-order valence-electron chi connectivity index (χ3n) is 3.05. The highest BCUT2D eigenvalue weighted by atomic mass is 19.1. The van der Waals surface area contributed by atoms with Gasteiger partial charge in [0.2, 0.25) is 0 Å². The zero-order chi connectivity index (χ0) is 17.4. The summed E-state index contributed by atoms with van der Waals surface area (Å²) in [5, 5.41) is 0. The number of hydrogen-bond acceptors (Lipinski definition) is 3. The first-order valence-electron chi connectivity index (χ1n) is 7.25. The first kappa shape index (κ1) is 17.2. The van der Waals surface area contributed by atoms with Crippen LogP contribution in [0.4, 0.5) is 4.39 Å². The zero-order valence-corrected chi connectivity index (χ0v) is 13.1. The summed E-state index contributed by atoms with van der Waals surface area (Å²) in [4.78, 5) is 23.2. The molecule has 2 rings (SSSR count). The number of amides is 2. The number of para-hydroxylation sites is 1. The quantitative estimate of drug-likeness (QED) is 0.654. The normalized spacial score (nSPS) is 10.4. The van der Waals surface area contributed by atoms with Gasteiger partial charge in [-0.2, -0.15) is 0 Å². The molecule has 0 atom stereocenters. The second kappa shape index (κ2) is 8.47. The number of halogens is 1. The van der Waals surface area contributed by atoms with Crippen LogP contribution < -0.4 is 15.6 Å². The van der Waals surface area contributed by atoms with Crippen LogP contribution in [0, 0.1) is 12.7 Å². The van der Waals surface area contributed by atoms with Crippen molar-refractivity contribution in [3.8, 4) is 5.75 Å². The van der Waals surface area contributed by atoms with Crippen molar-refractivity contribution in [3.63, 3.8) is 0 Å². The molecule has 2 aromatic carbocycles. The van der Waals surface area contributed by atoms with E-state index in [4.69, 9.17) is 4.74 Å². The number of nitrogens with one attached hydrogen (secondary N) is 2. The first-order chi connectivity index (χ1) is 11.5. The SMILES string of the molecule is Cc1ccccc1OCC(=O)NNC(=O)/C=C/c1cccc(F)c1. The minimum atomic E-state index is -0.538. The number of carbonyl (C=O) groups is 2. The Morgan fingerprint density at radius 1 is 1.12 bits per heavy atom. The van der Waals surface area contributed by atoms with Crippen molar-refractivity contribution in [1.82, 2.24) is 10.9 Å². The van der Waals surface area contributed by atoms with Crippen LogP contribution in [0.3, 0.4) is 0 Å². The van der Waals surface area contributed by atoms with Crippen LogP contribution >= 0.6 is 0 Å². The van der Waals surface area contributed by atoms with Gasteiger partial charge >= 0.3 is 0 Å². The van der Waals surface area contributed by atoms with E-state index in [0.717, 1.165) is 5.56 Å². The Morgan fingerprint density at radius 3 is 2.67 bits per heavy atom. The van der Waals surface area contributed by atoms with Gasteiger partial charge in [-0.25, -0.2) is 4.39 Å². The van der Waals surface area contributed by atoms with Crippen LogP contribution in [0.15, 0.2) is 54.6 Å². The molecule has 0 aliphatic heterocycles. The molecule has 2 amide bonds. The van der Waals surface area contributed by atoms with Crippen LogP contribution in [0.1, 0.15) is 11.1 Å². The molecular weight excluding hydrogens is 311 g/mol. The Bertz CT molecular complexity index is 759. The van der Waals surface area contributed by atoms with Gasteiger partial charge in [-0.15, -0.1) is 0 Å². The summed E-state index contributed by atoms with van der Waals surface area (Å²) in [7, 11) is 0. The summed E-state index contributed by atoms with van der Waals surface area (Å²) in [6, 6.07) is 13.1. The van der Waals surface area contributed by atoms with Gasteiger partial charge in [-0.1, -0.05) is 30.3 Å². The maximum Gasteiger partial charge on any atom is 0.276 e. The summed E-state index contributed by atoms with van der Waals surface area (Å²) in [5.41, 5.74) is 5.90. The van der Waals surface area contributed by atoms with E-state index in [-0.39, 0.29) is 12.4 Å². The molecule has 5 nitrogen and oxygen atoms in total. The van der Waals surface area contributed by atoms with Gasteiger partial charge in [0.25, 0.3) is 11.8 Å². The van der Waals surface area contributed by atoms with E-state index in [1.54, 1.807) is 18.2 Å². The van der Waals surface area contributed by atoms with Crippen molar-refractivity contribution in [2.45, 2.75) is 6.92 Å². The smallest absolute Gasteiger partial charge is 0.276 e. The number of aryl methyl sites for hydroxylation is 1. The number of carbonyl (C=O) groups excluding carboxylic acids is 2. The molecule has 0 saturated carbocycles. The largest absolute Gasteiger partial charge is 0.483 e. The van der Waals surface area contributed by atoms with E-state index in [0.29, 0.717) is 11.3 Å². The highest BCUT2D eigenvalue weighted by molar-refractivity contribution is 5.93. The second-order valence-corrected chi connectivity index (χ2v) is 4.98. The number of ether oxygens (including phenoxy) is 1. The molecule has 2 N–H and O–H groups in total. The van der Waals surface area contributed by atoms with E-state index in [9.17, 15) is 14.0 Å². The van der Waals surface area contributed by atoms with Crippen molar-refractivity contribution in [2.24, 2.45) is 0 Å². The van der Waals surface area contributed by atoms with Gasteiger partial charge in [0.05, 0.1) is 0 Å². The average molecular weight is 328 g/mol. The number of benzene rings is 2. The van der Waals surface area contributed by atoms with Crippen molar-refractivity contribution >= 4 is 17.9 Å². The Balaban J connectivity index is 1.75. The fourth-order valence-corrected chi connectivity index (χ4v) is 1.85. The molecule has 0 fully saturated rings. The third kappa shape index (κ3) is 5.57. The second-order valence-electron chi connectivity index (χ2n) is 4.98. The maximum absolute atomic E-state index is 13.0. The number of rotatable bonds is 5. The zero-order valence-electron chi connectivity index (χ0n) is 13.1. The van der Waals surface area contributed by atoms with Crippen LogP contribution in [-0.2, 0) is 9.59 Å². The van der Waals surface area contributed by atoms with Gasteiger partial charge in [-0.05, 0) is 42.3 Å². The molecule has 0 saturated heterocycles. The van der Waals surface area contributed by atoms with Crippen molar-refractivity contribution < 1.29 is 18.7 Å². The molecule has 0 unspecified atom stereocenters. The predicted molar refractivity (Wildman–Crippen MR) is 88.4 cm³/mol. The monoisotopic (exact) mass is 328 g/mol. The highest BCUT2D eigenvalue weighted by Crippen LogP contribution is 2.15. The summed E-state index contributed by atoms with van der Waals surface area (Å²) in [5.74, 6) is -0.821. The fourth-order valence-electron chi connectivity index (χ4n) is 1.85. The lowest BCUT2D eigenvalue weighted by atomic mass is 10.2. The maximum atomic E-state index is 13.0. The number of hydrazine groups is 1. The molecule has 0 radical (unpaired) electrons. The van der Waals surface area contributed by atoms with E-state index in [1.165, 1.54) is 30.4 Å². The van der Waals surface area contributed by atoms with E-state index in [1.807, 2.05) is 19.1 Å². The fraction of sp³-hybridized carbons (Fsp3) is 0.111. The van der Waals surface area contributed by atoms with Crippen LogP contribution in [-0.4, -0.2) is 18.4 Å². The Labute approximate surface area is 139 Å². The summed E-state index contributed by atoms with van der Waals surface area (Å²) in [6.45, 7) is 1.64. The van der Waals surface area contributed by atoms with Gasteiger partial charge in [-0.3, -0.25) is 20.4 Å². The van der Waals surface area contributed by atoms with Crippen molar-refractivity contribution in [2.75, 3.05) is 6.61 Å². The number of hydrogen-bond donors (Lipinski definition) is 2. The summed E-state index contributed by atoms with van der Waals surface area (Å²) >= 11 is 0. The molecule has 2 aromatic rings. The molecule has 0 heterocycles. The lowest BCUT2D eigenvalue weighted by molar-refractivity contribution is -0.128. The Morgan fingerprint density at radius 2 is 1.92 bits per heavy atom. The molecule has 0 bridgehead atoms. The van der Waals surface area contributed by atoms with E-state index >= 15 is 0 Å². The molecule has 24 heavy (non-hydrogen) atoms. The van der Waals surface area contributed by atoms with Gasteiger partial charge < -0.3 is 4.74 Å². The highest BCUT2D eigenvalue weighted by Gasteiger charge is 2.05.